The van der Waals surface area contributed by atoms with Gasteiger partial charge in [0.25, 0.3) is 10.0 Å². The molecule has 0 aliphatic heterocycles. The Morgan fingerprint density at radius 3 is 2.35 bits per heavy atom. The first-order valence-corrected chi connectivity index (χ1v) is 8.66. The normalized spacial score (nSPS) is 12.2. The maximum atomic E-state index is 12.6. The molecule has 0 heterocycles. The number of hydrogen-bond acceptors (Lipinski definition) is 4. The van der Waals surface area contributed by atoms with Crippen LogP contribution in [0.15, 0.2) is 59.5 Å². The molecule has 9 heteroatoms. The lowest BCUT2D eigenvalue weighted by molar-refractivity contribution is -0.137. The molecule has 0 atom stereocenters. The number of carbonyl (C=O) groups excluding carboxylic acids is 1. The molecule has 0 saturated heterocycles. The third-order valence-corrected chi connectivity index (χ3v) is 4.64. The molecule has 0 aliphatic rings. The van der Waals surface area contributed by atoms with Crippen LogP contribution in [0.4, 0.5) is 18.9 Å². The zero-order valence-corrected chi connectivity index (χ0v) is 14.3. The van der Waals surface area contributed by atoms with Crippen LogP contribution in [0.25, 0.3) is 6.08 Å². The number of anilines is 1. The van der Waals surface area contributed by atoms with Crippen molar-refractivity contribution >= 4 is 27.8 Å². The zero-order valence-electron chi connectivity index (χ0n) is 13.4. The van der Waals surface area contributed by atoms with E-state index in [4.69, 9.17) is 0 Å². The quantitative estimate of drug-likeness (QED) is 0.629. The molecule has 138 valence electrons. The highest BCUT2D eigenvalue weighted by molar-refractivity contribution is 7.92. The molecule has 2 aromatic carbocycles. The molecule has 0 saturated carbocycles. The van der Waals surface area contributed by atoms with Crippen molar-refractivity contribution in [2.24, 2.45) is 0 Å². The number of alkyl halides is 3. The Morgan fingerprint density at radius 1 is 1.12 bits per heavy atom. The molecule has 1 N–H and O–H groups in total. The summed E-state index contributed by atoms with van der Waals surface area (Å²) in [4.78, 5) is 10.8. The van der Waals surface area contributed by atoms with E-state index in [1.807, 2.05) is 0 Å². The number of benzene rings is 2. The summed E-state index contributed by atoms with van der Waals surface area (Å²) in [5.41, 5.74) is -0.216. The van der Waals surface area contributed by atoms with Gasteiger partial charge in [0.15, 0.2) is 0 Å². The number of ether oxygens (including phenoxy) is 1. The Bertz CT molecular complexity index is 920. The van der Waals surface area contributed by atoms with Crippen molar-refractivity contribution < 1.29 is 31.1 Å². The summed E-state index contributed by atoms with van der Waals surface area (Å²) in [6.45, 7) is 0. The summed E-state index contributed by atoms with van der Waals surface area (Å²) >= 11 is 0. The summed E-state index contributed by atoms with van der Waals surface area (Å²) in [5.74, 6) is -0.569. The molecule has 2 rings (SSSR count). The molecular formula is C17H14F3NO4S. The number of halogens is 3. The van der Waals surface area contributed by atoms with Gasteiger partial charge in [-0.1, -0.05) is 12.1 Å². The Kier molecular flexibility index (Phi) is 5.71. The van der Waals surface area contributed by atoms with E-state index in [2.05, 4.69) is 9.46 Å². The van der Waals surface area contributed by atoms with Crippen molar-refractivity contribution in [1.82, 2.24) is 0 Å². The minimum absolute atomic E-state index is 0.192. The average molecular weight is 385 g/mol. The highest BCUT2D eigenvalue weighted by atomic mass is 32.2. The van der Waals surface area contributed by atoms with Gasteiger partial charge in [-0.25, -0.2) is 13.2 Å². The Hall–Kier alpha value is -2.81. The number of rotatable bonds is 5. The van der Waals surface area contributed by atoms with Gasteiger partial charge in [-0.05, 0) is 48.0 Å². The molecule has 0 radical (unpaired) electrons. The smallest absolute Gasteiger partial charge is 0.416 e. The predicted octanol–water partition coefficient (Wildman–Crippen LogP) is 3.69. The fourth-order valence-electron chi connectivity index (χ4n) is 1.98. The lowest BCUT2D eigenvalue weighted by Crippen LogP contribution is -2.13. The Labute approximate surface area is 148 Å². The van der Waals surface area contributed by atoms with E-state index in [1.54, 1.807) is 12.1 Å². The monoisotopic (exact) mass is 385 g/mol. The SMILES string of the molecule is COC(=O)/C=C/c1cccc(NS(=O)(=O)c2ccc(C(F)(F)F)cc2)c1. The van der Waals surface area contributed by atoms with Crippen molar-refractivity contribution in [1.29, 1.82) is 0 Å². The van der Waals surface area contributed by atoms with Crippen LogP contribution in [-0.2, 0) is 25.7 Å². The van der Waals surface area contributed by atoms with E-state index in [1.165, 1.54) is 31.4 Å². The highest BCUT2D eigenvalue weighted by Crippen LogP contribution is 2.30. The van der Waals surface area contributed by atoms with Gasteiger partial charge in [0.05, 0.1) is 17.6 Å². The van der Waals surface area contributed by atoms with Gasteiger partial charge >= 0.3 is 12.1 Å². The topological polar surface area (TPSA) is 72.5 Å². The largest absolute Gasteiger partial charge is 0.466 e. The number of nitrogens with one attached hydrogen (secondary N) is 1. The van der Waals surface area contributed by atoms with Gasteiger partial charge in [0.1, 0.15) is 0 Å². The van der Waals surface area contributed by atoms with Crippen LogP contribution in [-0.4, -0.2) is 21.5 Å². The van der Waals surface area contributed by atoms with Crippen LogP contribution in [0.1, 0.15) is 11.1 Å². The molecule has 0 amide bonds. The van der Waals surface area contributed by atoms with E-state index in [9.17, 15) is 26.4 Å². The summed E-state index contributed by atoms with van der Waals surface area (Å²) in [6.07, 6.45) is -1.94. The number of carbonyl (C=O) groups is 1. The van der Waals surface area contributed by atoms with E-state index >= 15 is 0 Å². The second kappa shape index (κ2) is 7.61. The van der Waals surface area contributed by atoms with Crippen molar-refractivity contribution in [3.8, 4) is 0 Å². The van der Waals surface area contributed by atoms with Gasteiger partial charge in [-0.3, -0.25) is 4.72 Å². The Balaban J connectivity index is 2.21. The van der Waals surface area contributed by atoms with E-state index in [0.717, 1.165) is 12.1 Å². The number of hydrogen-bond donors (Lipinski definition) is 1. The van der Waals surface area contributed by atoms with Crippen molar-refractivity contribution in [3.63, 3.8) is 0 Å². The number of methoxy groups -OCH3 is 1. The summed E-state index contributed by atoms with van der Waals surface area (Å²) < 4.78 is 69.0. The molecule has 0 aromatic heterocycles. The molecule has 0 aliphatic carbocycles. The van der Waals surface area contributed by atoms with Crippen molar-refractivity contribution in [2.75, 3.05) is 11.8 Å². The minimum Gasteiger partial charge on any atom is -0.466 e. The third kappa shape index (κ3) is 5.09. The first kappa shape index (κ1) is 19.5. The van der Waals surface area contributed by atoms with Gasteiger partial charge < -0.3 is 4.74 Å². The molecule has 0 bridgehead atoms. The maximum Gasteiger partial charge on any atom is 0.416 e. The van der Waals surface area contributed by atoms with Crippen molar-refractivity contribution in [3.05, 3.63) is 65.7 Å². The van der Waals surface area contributed by atoms with E-state index < -0.39 is 27.7 Å². The average Bonchev–Trinajstić information content (AvgIpc) is 2.59. The standard InChI is InChI=1S/C17H14F3NO4S/c1-25-16(22)10-5-12-3-2-4-14(11-12)21-26(23,24)15-8-6-13(7-9-15)17(18,19)20/h2-11,21H,1H3/b10-5+. The first-order chi connectivity index (χ1) is 12.1. The lowest BCUT2D eigenvalue weighted by atomic mass is 10.2. The zero-order chi connectivity index (χ0) is 19.4. The molecule has 2 aromatic rings. The van der Waals surface area contributed by atoms with Crippen LogP contribution in [0, 0.1) is 0 Å². The van der Waals surface area contributed by atoms with Crippen molar-refractivity contribution in [2.45, 2.75) is 11.1 Å². The summed E-state index contributed by atoms with van der Waals surface area (Å²) in [7, 11) is -2.84. The van der Waals surface area contributed by atoms with Crippen LogP contribution >= 0.6 is 0 Å². The number of sulfonamides is 1. The molecule has 0 fully saturated rings. The van der Waals surface area contributed by atoms with Gasteiger partial charge in [0.2, 0.25) is 0 Å². The van der Waals surface area contributed by atoms with Crippen LogP contribution in [0.2, 0.25) is 0 Å². The van der Waals surface area contributed by atoms with Gasteiger partial charge in [-0.2, -0.15) is 13.2 Å². The molecule has 5 nitrogen and oxygen atoms in total. The summed E-state index contributed by atoms with van der Waals surface area (Å²) in [5, 5.41) is 0. The first-order valence-electron chi connectivity index (χ1n) is 7.18. The third-order valence-electron chi connectivity index (χ3n) is 3.24. The second-order valence-corrected chi connectivity index (χ2v) is 6.79. The minimum atomic E-state index is -4.55. The van der Waals surface area contributed by atoms with Crippen LogP contribution < -0.4 is 4.72 Å². The van der Waals surface area contributed by atoms with Crippen LogP contribution in [0.3, 0.4) is 0 Å². The number of esters is 1. The maximum absolute atomic E-state index is 12.6. The second-order valence-electron chi connectivity index (χ2n) is 5.11. The van der Waals surface area contributed by atoms with E-state index in [0.29, 0.717) is 17.7 Å². The summed E-state index contributed by atoms with van der Waals surface area (Å²) in [6, 6.07) is 9.28. The highest BCUT2D eigenvalue weighted by Gasteiger charge is 2.30. The molecule has 26 heavy (non-hydrogen) atoms. The van der Waals surface area contributed by atoms with Crippen LogP contribution in [0.5, 0.6) is 0 Å². The molecule has 0 unspecified atom stereocenters. The fourth-order valence-corrected chi connectivity index (χ4v) is 3.02. The fraction of sp³-hybridized carbons (Fsp3) is 0.118. The Morgan fingerprint density at radius 2 is 1.77 bits per heavy atom. The van der Waals surface area contributed by atoms with Gasteiger partial charge in [0, 0.05) is 11.8 Å². The van der Waals surface area contributed by atoms with Gasteiger partial charge in [-0.15, -0.1) is 0 Å². The van der Waals surface area contributed by atoms with E-state index in [-0.39, 0.29) is 10.6 Å². The predicted molar refractivity (Wildman–Crippen MR) is 89.7 cm³/mol. The molecule has 0 spiro atoms. The molecular weight excluding hydrogens is 371 g/mol. The lowest BCUT2D eigenvalue weighted by Gasteiger charge is -2.10.